The Morgan fingerprint density at radius 3 is 2.20 bits per heavy atom. The van der Waals surface area contributed by atoms with Crippen molar-refractivity contribution < 1.29 is 29.1 Å². The van der Waals surface area contributed by atoms with E-state index in [1.165, 1.54) is 0 Å². The van der Waals surface area contributed by atoms with Gasteiger partial charge in [0.05, 0.1) is 13.0 Å². The van der Waals surface area contributed by atoms with E-state index in [9.17, 15) is 29.1 Å². The molecule has 4 amide bonds. The van der Waals surface area contributed by atoms with Gasteiger partial charge in [0.25, 0.3) is 0 Å². The zero-order valence-corrected chi connectivity index (χ0v) is 19.7. The van der Waals surface area contributed by atoms with Crippen LogP contribution in [0.25, 0.3) is 10.9 Å². The third-order valence-electron chi connectivity index (χ3n) is 5.30. The van der Waals surface area contributed by atoms with Crippen molar-refractivity contribution in [3.8, 4) is 0 Å². The largest absolute Gasteiger partial charge is 0.480 e. The first-order valence-electron chi connectivity index (χ1n) is 11.2. The second kappa shape index (κ2) is 12.5. The summed E-state index contributed by atoms with van der Waals surface area (Å²) >= 11 is 0. The topological polar surface area (TPSA) is 210 Å². The number of benzene rings is 1. The summed E-state index contributed by atoms with van der Waals surface area (Å²) in [6.07, 6.45) is 1.39. The minimum Gasteiger partial charge on any atom is -0.480 e. The maximum Gasteiger partial charge on any atom is 0.326 e. The number of hydrogen-bond acceptors (Lipinski definition) is 6. The average Bonchev–Trinajstić information content (AvgIpc) is 3.19. The molecule has 1 heterocycles. The van der Waals surface area contributed by atoms with Crippen LogP contribution in [0.3, 0.4) is 0 Å². The Balaban J connectivity index is 2.32. The van der Waals surface area contributed by atoms with Crippen molar-refractivity contribution in [2.24, 2.45) is 17.4 Å². The highest BCUT2D eigenvalue weighted by Crippen LogP contribution is 2.19. The van der Waals surface area contributed by atoms with E-state index in [1.54, 1.807) is 6.20 Å². The highest BCUT2D eigenvalue weighted by atomic mass is 16.4. The van der Waals surface area contributed by atoms with E-state index in [0.717, 1.165) is 10.9 Å². The number of hydrogen-bond donors (Lipinski definition) is 7. The number of carbonyl (C=O) groups is 5. The SMILES string of the molecule is CC(C)CC(NC(=O)C(Cc1c[nH]c2ccccc12)NC(=O)C(CC(N)=O)NC(=O)CN)C(=O)O. The second-order valence-corrected chi connectivity index (χ2v) is 8.65. The Morgan fingerprint density at radius 2 is 1.60 bits per heavy atom. The number of nitrogens with two attached hydrogens (primary N) is 2. The van der Waals surface area contributed by atoms with Gasteiger partial charge in [0.15, 0.2) is 0 Å². The molecule has 0 saturated carbocycles. The van der Waals surface area contributed by atoms with Crippen LogP contribution < -0.4 is 27.4 Å². The van der Waals surface area contributed by atoms with Crippen LogP contribution in [0, 0.1) is 5.92 Å². The van der Waals surface area contributed by atoms with E-state index in [-0.39, 0.29) is 18.8 Å². The fourth-order valence-electron chi connectivity index (χ4n) is 3.63. The summed E-state index contributed by atoms with van der Waals surface area (Å²) in [5, 5.41) is 17.7. The number of H-pyrrole nitrogens is 1. The third kappa shape index (κ3) is 8.10. The number of carbonyl (C=O) groups excluding carboxylic acids is 4. The van der Waals surface area contributed by atoms with Crippen molar-refractivity contribution in [1.82, 2.24) is 20.9 Å². The maximum atomic E-state index is 13.2. The number of carboxylic acid groups (broad SMARTS) is 1. The molecule has 0 bridgehead atoms. The predicted molar refractivity (Wildman–Crippen MR) is 128 cm³/mol. The molecule has 2 aromatic rings. The van der Waals surface area contributed by atoms with Gasteiger partial charge in [0.1, 0.15) is 18.1 Å². The molecule has 0 fully saturated rings. The van der Waals surface area contributed by atoms with Crippen molar-refractivity contribution in [2.75, 3.05) is 6.54 Å². The third-order valence-corrected chi connectivity index (χ3v) is 5.30. The molecule has 190 valence electrons. The number of primary amides is 1. The zero-order valence-electron chi connectivity index (χ0n) is 19.7. The zero-order chi connectivity index (χ0) is 26.1. The lowest BCUT2D eigenvalue weighted by Crippen LogP contribution is -2.57. The Hall–Kier alpha value is -3.93. The summed E-state index contributed by atoms with van der Waals surface area (Å²) in [6, 6.07) is 3.63. The van der Waals surface area contributed by atoms with Crippen LogP contribution in [0.2, 0.25) is 0 Å². The minimum atomic E-state index is -1.35. The summed E-state index contributed by atoms with van der Waals surface area (Å²) in [6.45, 7) is 3.22. The smallest absolute Gasteiger partial charge is 0.326 e. The number of fused-ring (bicyclic) bond motifs is 1. The molecule has 0 saturated heterocycles. The van der Waals surface area contributed by atoms with Gasteiger partial charge in [0, 0.05) is 23.5 Å². The first-order chi connectivity index (χ1) is 16.5. The van der Waals surface area contributed by atoms with Crippen LogP contribution in [-0.2, 0) is 30.4 Å². The number of aromatic nitrogens is 1. The van der Waals surface area contributed by atoms with Gasteiger partial charge in [-0.05, 0) is 24.0 Å². The molecule has 3 atom stereocenters. The van der Waals surface area contributed by atoms with E-state index in [0.29, 0.717) is 5.56 Å². The van der Waals surface area contributed by atoms with Gasteiger partial charge in [-0.25, -0.2) is 4.79 Å². The first-order valence-corrected chi connectivity index (χ1v) is 11.2. The van der Waals surface area contributed by atoms with Crippen molar-refractivity contribution in [2.45, 2.75) is 51.2 Å². The summed E-state index contributed by atoms with van der Waals surface area (Å²) in [5.74, 6) is -4.30. The van der Waals surface area contributed by atoms with Gasteiger partial charge < -0.3 is 37.5 Å². The summed E-state index contributed by atoms with van der Waals surface area (Å²) in [5.41, 5.74) is 12.0. The van der Waals surface area contributed by atoms with Gasteiger partial charge in [-0.2, -0.15) is 0 Å². The molecule has 9 N–H and O–H groups in total. The number of amides is 4. The molecule has 0 aliphatic carbocycles. The highest BCUT2D eigenvalue weighted by Gasteiger charge is 2.31. The van der Waals surface area contributed by atoms with Gasteiger partial charge >= 0.3 is 5.97 Å². The normalized spacial score (nSPS) is 13.6. The van der Waals surface area contributed by atoms with Crippen LogP contribution in [0.15, 0.2) is 30.5 Å². The van der Waals surface area contributed by atoms with Crippen molar-refractivity contribution in [1.29, 1.82) is 0 Å². The van der Waals surface area contributed by atoms with Gasteiger partial charge in [-0.1, -0.05) is 32.0 Å². The maximum absolute atomic E-state index is 13.2. The molecular formula is C23H32N6O6. The lowest BCUT2D eigenvalue weighted by Gasteiger charge is -2.24. The molecule has 0 radical (unpaired) electrons. The lowest BCUT2D eigenvalue weighted by atomic mass is 10.0. The van der Waals surface area contributed by atoms with E-state index < -0.39 is 60.7 Å². The summed E-state index contributed by atoms with van der Waals surface area (Å²) < 4.78 is 0. The van der Waals surface area contributed by atoms with Gasteiger partial charge in [0.2, 0.25) is 23.6 Å². The van der Waals surface area contributed by atoms with E-state index >= 15 is 0 Å². The number of rotatable bonds is 13. The van der Waals surface area contributed by atoms with Crippen molar-refractivity contribution in [3.63, 3.8) is 0 Å². The van der Waals surface area contributed by atoms with Crippen molar-refractivity contribution in [3.05, 3.63) is 36.0 Å². The molecule has 1 aromatic carbocycles. The quantitative estimate of drug-likeness (QED) is 0.189. The highest BCUT2D eigenvalue weighted by molar-refractivity contribution is 5.96. The molecule has 3 unspecified atom stereocenters. The molecule has 12 heteroatoms. The van der Waals surface area contributed by atoms with Crippen LogP contribution in [-0.4, -0.2) is 64.4 Å². The molecule has 2 rings (SSSR count). The molecule has 0 spiro atoms. The van der Waals surface area contributed by atoms with Crippen LogP contribution >= 0.6 is 0 Å². The van der Waals surface area contributed by atoms with E-state index in [1.807, 2.05) is 38.1 Å². The number of aliphatic carboxylic acids is 1. The fourth-order valence-corrected chi connectivity index (χ4v) is 3.63. The van der Waals surface area contributed by atoms with Crippen molar-refractivity contribution >= 4 is 40.5 Å². The average molecular weight is 489 g/mol. The summed E-state index contributed by atoms with van der Waals surface area (Å²) in [4.78, 5) is 64.1. The summed E-state index contributed by atoms with van der Waals surface area (Å²) in [7, 11) is 0. The second-order valence-electron chi connectivity index (χ2n) is 8.65. The molecular weight excluding hydrogens is 456 g/mol. The Labute approximate surface area is 202 Å². The standard InChI is InChI=1S/C23H32N6O6/c1-12(2)7-18(23(34)35)29-21(32)16(8-13-11-26-15-6-4-3-5-14(13)15)28-22(33)17(9-19(25)30)27-20(31)10-24/h3-6,11-12,16-18,26H,7-10,24H2,1-2H3,(H2,25,30)(H,27,31)(H,28,33)(H,29,32)(H,34,35). The number of nitrogens with one attached hydrogen (secondary N) is 4. The molecule has 1 aromatic heterocycles. The van der Waals surface area contributed by atoms with Crippen LogP contribution in [0.1, 0.15) is 32.3 Å². The fraction of sp³-hybridized carbons (Fsp3) is 0.435. The lowest BCUT2D eigenvalue weighted by molar-refractivity contribution is -0.143. The monoisotopic (exact) mass is 488 g/mol. The van der Waals surface area contributed by atoms with E-state index in [4.69, 9.17) is 11.5 Å². The first kappa shape index (κ1) is 27.3. The molecule has 12 nitrogen and oxygen atoms in total. The number of aromatic amines is 1. The van der Waals surface area contributed by atoms with Gasteiger partial charge in [-0.3, -0.25) is 19.2 Å². The number of carboxylic acids is 1. The molecule has 0 aliphatic rings. The number of para-hydroxylation sites is 1. The molecule has 0 aliphatic heterocycles. The van der Waals surface area contributed by atoms with Crippen LogP contribution in [0.4, 0.5) is 0 Å². The predicted octanol–water partition coefficient (Wildman–Crippen LogP) is -0.870. The minimum absolute atomic E-state index is 0.00974. The van der Waals surface area contributed by atoms with Gasteiger partial charge in [-0.15, -0.1) is 0 Å². The molecule has 35 heavy (non-hydrogen) atoms. The van der Waals surface area contributed by atoms with E-state index in [2.05, 4.69) is 20.9 Å². The Morgan fingerprint density at radius 1 is 0.971 bits per heavy atom. The Bertz CT molecular complexity index is 1080. The van der Waals surface area contributed by atoms with Crippen LogP contribution in [0.5, 0.6) is 0 Å². The Kier molecular flexibility index (Phi) is 9.76.